The molecule has 0 bridgehead atoms. The van der Waals surface area contributed by atoms with Gasteiger partial charge in [-0.05, 0) is 43.2 Å². The number of hydrogen-bond donors (Lipinski definition) is 1. The maximum Gasteiger partial charge on any atom is 0.251 e. The van der Waals surface area contributed by atoms with Crippen molar-refractivity contribution in [1.82, 2.24) is 4.98 Å². The Balaban J connectivity index is 2.47. The van der Waals surface area contributed by atoms with Crippen LogP contribution in [0.4, 0.5) is 0 Å². The average molecular weight is 205 g/mol. The van der Waals surface area contributed by atoms with Crippen molar-refractivity contribution in [2.45, 2.75) is 51.9 Å². The first kappa shape index (κ1) is 10.5. The molecule has 0 aromatic carbocycles. The molecule has 82 valence electrons. The summed E-state index contributed by atoms with van der Waals surface area (Å²) in [5.74, 6) is 0.322. The fourth-order valence-electron chi connectivity index (χ4n) is 2.30. The van der Waals surface area contributed by atoms with Crippen molar-refractivity contribution in [3.63, 3.8) is 0 Å². The summed E-state index contributed by atoms with van der Waals surface area (Å²) in [4.78, 5) is 14.9. The van der Waals surface area contributed by atoms with Crippen molar-refractivity contribution >= 4 is 0 Å². The van der Waals surface area contributed by atoms with Crippen LogP contribution >= 0.6 is 0 Å². The standard InChI is InChI=1S/C13H19NO/c1-9(2)11-8-10-6-4-3-5-7-12(10)14-13(11)15/h8-9H,3-7H2,1-2H3,(H,14,15). The van der Waals surface area contributed by atoms with Crippen molar-refractivity contribution in [2.75, 3.05) is 0 Å². The lowest BCUT2D eigenvalue weighted by molar-refractivity contribution is 0.708. The molecule has 0 aliphatic heterocycles. The van der Waals surface area contributed by atoms with E-state index in [9.17, 15) is 4.79 Å². The number of rotatable bonds is 1. The molecule has 0 unspecified atom stereocenters. The third-order valence-corrected chi connectivity index (χ3v) is 3.24. The zero-order valence-corrected chi connectivity index (χ0v) is 9.60. The smallest absolute Gasteiger partial charge is 0.251 e. The summed E-state index contributed by atoms with van der Waals surface area (Å²) >= 11 is 0. The molecule has 0 spiro atoms. The average Bonchev–Trinajstić information content (AvgIpc) is 2.40. The van der Waals surface area contributed by atoms with E-state index >= 15 is 0 Å². The van der Waals surface area contributed by atoms with Crippen LogP contribution in [0.2, 0.25) is 0 Å². The van der Waals surface area contributed by atoms with Crippen LogP contribution in [0.15, 0.2) is 10.9 Å². The Morgan fingerprint density at radius 3 is 2.67 bits per heavy atom. The minimum atomic E-state index is 0.116. The Kier molecular flexibility index (Phi) is 2.94. The van der Waals surface area contributed by atoms with Crippen LogP contribution in [0, 0.1) is 0 Å². The van der Waals surface area contributed by atoms with Crippen LogP contribution in [0.1, 0.15) is 55.8 Å². The van der Waals surface area contributed by atoms with Crippen molar-refractivity contribution in [3.05, 3.63) is 33.2 Å². The Hall–Kier alpha value is -1.05. The van der Waals surface area contributed by atoms with Crippen molar-refractivity contribution in [3.8, 4) is 0 Å². The summed E-state index contributed by atoms with van der Waals surface area (Å²) in [6.45, 7) is 4.15. The van der Waals surface area contributed by atoms with Crippen LogP contribution in [-0.4, -0.2) is 4.98 Å². The van der Waals surface area contributed by atoms with Crippen molar-refractivity contribution in [1.29, 1.82) is 0 Å². The van der Waals surface area contributed by atoms with E-state index in [1.807, 2.05) is 0 Å². The van der Waals surface area contributed by atoms with Crippen molar-refractivity contribution in [2.24, 2.45) is 0 Å². The van der Waals surface area contributed by atoms with Gasteiger partial charge in [0.05, 0.1) is 0 Å². The van der Waals surface area contributed by atoms with Gasteiger partial charge in [0, 0.05) is 11.3 Å². The van der Waals surface area contributed by atoms with E-state index in [4.69, 9.17) is 0 Å². The molecule has 1 aromatic rings. The maximum atomic E-state index is 11.8. The first-order valence-electron chi connectivity index (χ1n) is 5.93. The number of aryl methyl sites for hydroxylation is 2. The fraction of sp³-hybridized carbons (Fsp3) is 0.615. The molecule has 0 atom stereocenters. The lowest BCUT2D eigenvalue weighted by atomic mass is 10.00. The van der Waals surface area contributed by atoms with Gasteiger partial charge in [-0.1, -0.05) is 20.3 Å². The molecular weight excluding hydrogens is 186 g/mol. The van der Waals surface area contributed by atoms with Gasteiger partial charge >= 0.3 is 0 Å². The highest BCUT2D eigenvalue weighted by atomic mass is 16.1. The van der Waals surface area contributed by atoms with Gasteiger partial charge in [-0.3, -0.25) is 4.79 Å². The molecular formula is C13H19NO. The van der Waals surface area contributed by atoms with E-state index in [0.29, 0.717) is 5.92 Å². The van der Waals surface area contributed by atoms with Gasteiger partial charge in [0.15, 0.2) is 0 Å². The summed E-state index contributed by atoms with van der Waals surface area (Å²) in [6, 6.07) is 2.13. The molecule has 2 nitrogen and oxygen atoms in total. The highest BCUT2D eigenvalue weighted by Gasteiger charge is 2.13. The Morgan fingerprint density at radius 2 is 1.93 bits per heavy atom. The molecule has 1 aliphatic rings. The second-order valence-corrected chi connectivity index (χ2v) is 4.77. The van der Waals surface area contributed by atoms with Gasteiger partial charge in [-0.15, -0.1) is 0 Å². The molecule has 0 amide bonds. The Morgan fingerprint density at radius 1 is 1.20 bits per heavy atom. The quantitative estimate of drug-likeness (QED) is 0.703. The summed E-state index contributed by atoms with van der Waals surface area (Å²) in [5.41, 5.74) is 3.61. The molecule has 1 N–H and O–H groups in total. The Labute approximate surface area is 90.7 Å². The van der Waals surface area contributed by atoms with Gasteiger partial charge in [-0.2, -0.15) is 0 Å². The zero-order chi connectivity index (χ0) is 10.8. The molecule has 1 aliphatic carbocycles. The van der Waals surface area contributed by atoms with E-state index < -0.39 is 0 Å². The summed E-state index contributed by atoms with van der Waals surface area (Å²) in [6.07, 6.45) is 5.93. The summed E-state index contributed by atoms with van der Waals surface area (Å²) < 4.78 is 0. The number of aromatic nitrogens is 1. The van der Waals surface area contributed by atoms with E-state index in [0.717, 1.165) is 18.4 Å². The van der Waals surface area contributed by atoms with Crippen LogP contribution in [-0.2, 0) is 12.8 Å². The highest BCUT2D eigenvalue weighted by Crippen LogP contribution is 2.20. The number of hydrogen-bond acceptors (Lipinski definition) is 1. The normalized spacial score (nSPS) is 16.2. The number of nitrogens with one attached hydrogen (secondary N) is 1. The summed E-state index contributed by atoms with van der Waals surface area (Å²) in [5, 5.41) is 0. The molecule has 15 heavy (non-hydrogen) atoms. The lowest BCUT2D eigenvalue weighted by Crippen LogP contribution is -2.17. The molecule has 2 heteroatoms. The van der Waals surface area contributed by atoms with Gasteiger partial charge in [0.1, 0.15) is 0 Å². The van der Waals surface area contributed by atoms with Crippen LogP contribution in [0.5, 0.6) is 0 Å². The number of pyridine rings is 1. The van der Waals surface area contributed by atoms with Gasteiger partial charge in [-0.25, -0.2) is 0 Å². The molecule has 0 fully saturated rings. The second kappa shape index (κ2) is 4.21. The molecule has 0 radical (unpaired) electrons. The summed E-state index contributed by atoms with van der Waals surface area (Å²) in [7, 11) is 0. The predicted octanol–water partition coefficient (Wildman–Crippen LogP) is 2.77. The highest BCUT2D eigenvalue weighted by molar-refractivity contribution is 5.28. The topological polar surface area (TPSA) is 32.9 Å². The fourth-order valence-corrected chi connectivity index (χ4v) is 2.30. The largest absolute Gasteiger partial charge is 0.326 e. The zero-order valence-electron chi connectivity index (χ0n) is 9.60. The predicted molar refractivity (Wildman–Crippen MR) is 62.4 cm³/mol. The molecule has 1 aromatic heterocycles. The minimum absolute atomic E-state index is 0.116. The SMILES string of the molecule is CC(C)c1cc2c([nH]c1=O)CCCCC2. The number of fused-ring (bicyclic) bond motifs is 1. The molecule has 2 rings (SSSR count). The first-order chi connectivity index (χ1) is 7.18. The van der Waals surface area contributed by atoms with E-state index in [1.54, 1.807) is 0 Å². The van der Waals surface area contributed by atoms with E-state index in [-0.39, 0.29) is 5.56 Å². The first-order valence-corrected chi connectivity index (χ1v) is 5.93. The molecule has 1 heterocycles. The Bertz CT molecular complexity index is 403. The number of aromatic amines is 1. The molecule has 0 saturated carbocycles. The van der Waals surface area contributed by atoms with Gasteiger partial charge in [0.2, 0.25) is 0 Å². The number of H-pyrrole nitrogens is 1. The van der Waals surface area contributed by atoms with E-state index in [2.05, 4.69) is 24.9 Å². The third-order valence-electron chi connectivity index (χ3n) is 3.24. The van der Waals surface area contributed by atoms with Gasteiger partial charge < -0.3 is 4.98 Å². The minimum Gasteiger partial charge on any atom is -0.326 e. The second-order valence-electron chi connectivity index (χ2n) is 4.77. The third kappa shape index (κ3) is 2.14. The van der Waals surface area contributed by atoms with Crippen LogP contribution in [0.25, 0.3) is 0 Å². The van der Waals surface area contributed by atoms with Crippen molar-refractivity contribution < 1.29 is 0 Å². The van der Waals surface area contributed by atoms with Crippen LogP contribution < -0.4 is 5.56 Å². The lowest BCUT2D eigenvalue weighted by Gasteiger charge is -2.10. The van der Waals surface area contributed by atoms with E-state index in [1.165, 1.54) is 30.5 Å². The van der Waals surface area contributed by atoms with Gasteiger partial charge in [0.25, 0.3) is 5.56 Å². The molecule has 0 saturated heterocycles. The monoisotopic (exact) mass is 205 g/mol. The van der Waals surface area contributed by atoms with Crippen LogP contribution in [0.3, 0.4) is 0 Å². The maximum absolute atomic E-state index is 11.8.